The zero-order chi connectivity index (χ0) is 24.0. The number of carbonyl (C=O) groups excluding carboxylic acids is 1. The second-order valence-corrected chi connectivity index (χ2v) is 9.19. The van der Waals surface area contributed by atoms with Crippen molar-refractivity contribution in [3.63, 3.8) is 0 Å². The van der Waals surface area contributed by atoms with Gasteiger partial charge in [-0.15, -0.1) is 0 Å². The van der Waals surface area contributed by atoms with Gasteiger partial charge in [0.25, 0.3) is 0 Å². The molecule has 0 bridgehead atoms. The van der Waals surface area contributed by atoms with Gasteiger partial charge in [0.2, 0.25) is 0 Å². The number of benzene rings is 1. The van der Waals surface area contributed by atoms with E-state index in [9.17, 15) is 14.4 Å². The zero-order valence-electron chi connectivity index (χ0n) is 19.1. The predicted octanol–water partition coefficient (Wildman–Crippen LogP) is 4.63. The van der Waals surface area contributed by atoms with Crippen LogP contribution in [0.4, 0.5) is 9.18 Å². The van der Waals surface area contributed by atoms with Crippen LogP contribution in [-0.2, 0) is 17.8 Å². The van der Waals surface area contributed by atoms with Crippen LogP contribution < -0.4 is 0 Å². The lowest BCUT2D eigenvalue weighted by Gasteiger charge is -2.31. The second kappa shape index (κ2) is 7.99. The molecule has 9 heteroatoms. The summed E-state index contributed by atoms with van der Waals surface area (Å²) in [5.74, 6) is 0.376. The Morgan fingerprint density at radius 1 is 1.12 bits per heavy atom. The van der Waals surface area contributed by atoms with Gasteiger partial charge in [0.15, 0.2) is 0 Å². The Labute approximate surface area is 195 Å². The number of pyridine rings is 1. The van der Waals surface area contributed by atoms with E-state index < -0.39 is 5.60 Å². The largest absolute Gasteiger partial charge is 0.444 e. The molecule has 34 heavy (non-hydrogen) atoms. The molecule has 0 fully saturated rings. The molecule has 4 aromatic rings. The summed E-state index contributed by atoms with van der Waals surface area (Å²) in [6, 6.07) is 12.1. The van der Waals surface area contributed by atoms with E-state index in [4.69, 9.17) is 9.72 Å². The summed E-state index contributed by atoms with van der Waals surface area (Å²) >= 11 is 0. The van der Waals surface area contributed by atoms with Crippen LogP contribution in [0.1, 0.15) is 32.3 Å². The van der Waals surface area contributed by atoms with Gasteiger partial charge in [-0.3, -0.25) is 9.30 Å². The van der Waals surface area contributed by atoms with Gasteiger partial charge in [0.05, 0.1) is 24.1 Å². The van der Waals surface area contributed by atoms with Crippen molar-refractivity contribution in [2.45, 2.75) is 39.5 Å². The number of ether oxygens (including phenoxy) is 1. The highest BCUT2D eigenvalue weighted by Gasteiger charge is 2.30. The number of nitrogens with zero attached hydrogens (tertiary/aromatic N) is 6. The molecule has 0 spiro atoms. The Kier molecular flexibility index (Phi) is 5.09. The van der Waals surface area contributed by atoms with Gasteiger partial charge in [-0.05, 0) is 57.2 Å². The first kappa shape index (κ1) is 21.6. The third-order valence-corrected chi connectivity index (χ3v) is 5.64. The van der Waals surface area contributed by atoms with Gasteiger partial charge in [-0.1, -0.05) is 0 Å². The molecule has 1 aliphatic rings. The standard InChI is InChI=1S/C25H23FN6O2/c1-25(2,3)34-24(33)30-10-11-31-21(15-30)29-22(16-4-7-18(26)8-5-16)23(31)17-6-9-20-28-13-19(12-27)32(20)14-17/h4-9,13-14H,10-11,15H2,1-3H3. The van der Waals surface area contributed by atoms with Gasteiger partial charge in [-0.2, -0.15) is 5.26 Å². The van der Waals surface area contributed by atoms with Gasteiger partial charge in [0.1, 0.15) is 34.7 Å². The highest BCUT2D eigenvalue weighted by Crippen LogP contribution is 2.35. The SMILES string of the molecule is CC(C)(C)OC(=O)N1CCn2c(nc(-c3ccc(F)cc3)c2-c2ccc3ncc(C#N)n3c2)C1. The maximum atomic E-state index is 13.6. The number of aromatic nitrogens is 4. The summed E-state index contributed by atoms with van der Waals surface area (Å²) in [5.41, 5.74) is 3.61. The molecule has 1 aromatic carbocycles. The summed E-state index contributed by atoms with van der Waals surface area (Å²) in [4.78, 5) is 23.4. The van der Waals surface area contributed by atoms with E-state index in [1.807, 2.05) is 39.1 Å². The summed E-state index contributed by atoms with van der Waals surface area (Å²) < 4.78 is 23.0. The Bertz CT molecular complexity index is 1440. The predicted molar refractivity (Wildman–Crippen MR) is 123 cm³/mol. The second-order valence-electron chi connectivity index (χ2n) is 9.19. The number of halogens is 1. The first-order valence-corrected chi connectivity index (χ1v) is 10.9. The fourth-order valence-electron chi connectivity index (χ4n) is 4.12. The van der Waals surface area contributed by atoms with E-state index in [2.05, 4.69) is 15.6 Å². The van der Waals surface area contributed by atoms with E-state index in [-0.39, 0.29) is 11.9 Å². The van der Waals surface area contributed by atoms with E-state index in [0.717, 1.165) is 16.8 Å². The maximum Gasteiger partial charge on any atom is 0.410 e. The number of amides is 1. The molecule has 0 radical (unpaired) electrons. The van der Waals surface area contributed by atoms with Crippen LogP contribution in [0.2, 0.25) is 0 Å². The first-order chi connectivity index (χ1) is 16.2. The molecule has 0 unspecified atom stereocenters. The topological polar surface area (TPSA) is 88.4 Å². The highest BCUT2D eigenvalue weighted by atomic mass is 19.1. The van der Waals surface area contributed by atoms with Gasteiger partial charge < -0.3 is 9.30 Å². The van der Waals surface area contributed by atoms with Crippen molar-refractivity contribution in [2.24, 2.45) is 0 Å². The van der Waals surface area contributed by atoms with Crippen LogP contribution in [0.25, 0.3) is 28.2 Å². The lowest BCUT2D eigenvalue weighted by Crippen LogP contribution is -2.41. The van der Waals surface area contributed by atoms with Crippen LogP contribution >= 0.6 is 0 Å². The normalized spacial score (nSPS) is 13.6. The van der Waals surface area contributed by atoms with Crippen molar-refractivity contribution in [3.05, 3.63) is 66.1 Å². The number of imidazole rings is 2. The number of nitriles is 1. The van der Waals surface area contributed by atoms with Crippen LogP contribution in [0, 0.1) is 17.1 Å². The number of hydrogen-bond donors (Lipinski definition) is 0. The molecular formula is C25H23FN6O2. The number of carbonyl (C=O) groups is 1. The van der Waals surface area contributed by atoms with Gasteiger partial charge in [-0.25, -0.2) is 19.2 Å². The van der Waals surface area contributed by atoms with E-state index in [1.54, 1.807) is 21.4 Å². The van der Waals surface area contributed by atoms with Crippen molar-refractivity contribution in [1.82, 2.24) is 23.8 Å². The lowest BCUT2D eigenvalue weighted by atomic mass is 10.1. The van der Waals surface area contributed by atoms with Crippen molar-refractivity contribution in [3.8, 4) is 28.6 Å². The van der Waals surface area contributed by atoms with Crippen LogP contribution in [0.5, 0.6) is 0 Å². The average Bonchev–Trinajstić information content (AvgIpc) is 3.38. The highest BCUT2D eigenvalue weighted by molar-refractivity contribution is 5.80. The van der Waals surface area contributed by atoms with Crippen LogP contribution in [-0.4, -0.2) is 42.1 Å². The van der Waals surface area contributed by atoms with Crippen LogP contribution in [0.15, 0.2) is 48.8 Å². The first-order valence-electron chi connectivity index (χ1n) is 10.9. The molecule has 3 aromatic heterocycles. The lowest BCUT2D eigenvalue weighted by molar-refractivity contribution is 0.0196. The number of fused-ring (bicyclic) bond motifs is 2. The quantitative estimate of drug-likeness (QED) is 0.437. The minimum absolute atomic E-state index is 0.292. The Balaban J connectivity index is 1.62. The summed E-state index contributed by atoms with van der Waals surface area (Å²) in [7, 11) is 0. The smallest absolute Gasteiger partial charge is 0.410 e. The molecule has 0 saturated heterocycles. The van der Waals surface area contributed by atoms with Crippen LogP contribution in [0.3, 0.4) is 0 Å². The van der Waals surface area contributed by atoms with E-state index in [1.165, 1.54) is 18.3 Å². The van der Waals surface area contributed by atoms with E-state index in [0.29, 0.717) is 42.5 Å². The van der Waals surface area contributed by atoms with Gasteiger partial charge in [0, 0.05) is 30.4 Å². The molecule has 1 aliphatic heterocycles. The fourth-order valence-corrected chi connectivity index (χ4v) is 4.12. The molecule has 5 rings (SSSR count). The Morgan fingerprint density at radius 2 is 1.85 bits per heavy atom. The van der Waals surface area contributed by atoms with E-state index >= 15 is 0 Å². The summed E-state index contributed by atoms with van der Waals surface area (Å²) in [5, 5.41) is 9.45. The molecule has 8 nitrogen and oxygen atoms in total. The fraction of sp³-hybridized carbons (Fsp3) is 0.280. The molecule has 0 atom stereocenters. The Morgan fingerprint density at radius 3 is 2.56 bits per heavy atom. The molecule has 1 amide bonds. The molecular weight excluding hydrogens is 435 g/mol. The zero-order valence-corrected chi connectivity index (χ0v) is 19.1. The molecule has 0 aliphatic carbocycles. The van der Waals surface area contributed by atoms with Crippen molar-refractivity contribution in [1.29, 1.82) is 5.26 Å². The Hall–Kier alpha value is -4.19. The third-order valence-electron chi connectivity index (χ3n) is 5.64. The molecule has 4 heterocycles. The summed E-state index contributed by atoms with van der Waals surface area (Å²) in [6.45, 7) is 6.78. The van der Waals surface area contributed by atoms with Crippen molar-refractivity contribution >= 4 is 11.7 Å². The molecule has 172 valence electrons. The minimum atomic E-state index is -0.590. The summed E-state index contributed by atoms with van der Waals surface area (Å²) in [6.07, 6.45) is 3.01. The van der Waals surface area contributed by atoms with Gasteiger partial charge >= 0.3 is 6.09 Å². The number of hydrogen-bond acceptors (Lipinski definition) is 5. The average molecular weight is 458 g/mol. The molecule has 0 saturated carbocycles. The third kappa shape index (κ3) is 3.88. The monoisotopic (exact) mass is 458 g/mol. The minimum Gasteiger partial charge on any atom is -0.444 e. The van der Waals surface area contributed by atoms with Crippen molar-refractivity contribution < 1.29 is 13.9 Å². The maximum absolute atomic E-state index is 13.6. The van der Waals surface area contributed by atoms with Crippen molar-refractivity contribution in [2.75, 3.05) is 6.54 Å². The number of rotatable bonds is 2. The molecule has 0 N–H and O–H groups in total.